The second kappa shape index (κ2) is 7.13. The van der Waals surface area contributed by atoms with E-state index in [0.29, 0.717) is 16.6 Å². The van der Waals surface area contributed by atoms with Gasteiger partial charge in [-0.25, -0.2) is 0 Å². The first-order chi connectivity index (χ1) is 8.86. The first-order valence-electron chi connectivity index (χ1n) is 6.28. The second-order valence-electron chi connectivity index (χ2n) is 4.68. The number of nitrogens with zero attached hydrogens (tertiary/aromatic N) is 1. The van der Waals surface area contributed by atoms with E-state index in [4.69, 9.17) is 28.3 Å². The molecule has 1 N–H and O–H groups in total. The van der Waals surface area contributed by atoms with Gasteiger partial charge in [0, 0.05) is 12.6 Å². The molecule has 0 fully saturated rings. The Kier molecular flexibility index (Phi) is 6.11. The van der Waals surface area contributed by atoms with E-state index in [1.54, 1.807) is 13.0 Å². The molecule has 0 bridgehead atoms. The molecule has 106 valence electrons. The number of hydrogen-bond acceptors (Lipinski definition) is 2. The van der Waals surface area contributed by atoms with Gasteiger partial charge in [-0.3, -0.25) is 9.69 Å². The molecule has 1 aromatic carbocycles. The predicted octanol–water partition coefficient (Wildman–Crippen LogP) is 4.10. The Morgan fingerprint density at radius 2 is 1.95 bits per heavy atom. The Bertz CT molecular complexity index is 451. The monoisotopic (exact) mass is 303 g/mol. The van der Waals surface area contributed by atoms with Crippen LogP contribution in [0.1, 0.15) is 32.4 Å². The SMILES string of the molecule is CCN(CC(C)C(=O)O)C(C)c1ccc(Cl)c(Cl)c1. The van der Waals surface area contributed by atoms with Crippen LogP contribution in [-0.4, -0.2) is 29.1 Å². The number of carboxylic acid groups (broad SMARTS) is 1. The molecule has 19 heavy (non-hydrogen) atoms. The van der Waals surface area contributed by atoms with Gasteiger partial charge < -0.3 is 5.11 Å². The highest BCUT2D eigenvalue weighted by atomic mass is 35.5. The number of rotatable bonds is 6. The molecule has 1 aromatic rings. The number of carbonyl (C=O) groups is 1. The lowest BCUT2D eigenvalue weighted by Crippen LogP contribution is -2.33. The standard InChI is InChI=1S/C14H19Cl2NO2/c1-4-17(8-9(2)14(18)19)10(3)11-5-6-12(15)13(16)7-11/h5-7,9-10H,4,8H2,1-3H3,(H,18,19). The van der Waals surface area contributed by atoms with Crippen LogP contribution < -0.4 is 0 Å². The molecule has 0 saturated heterocycles. The third kappa shape index (κ3) is 4.37. The van der Waals surface area contributed by atoms with Crippen molar-refractivity contribution >= 4 is 29.2 Å². The zero-order valence-corrected chi connectivity index (χ0v) is 12.9. The van der Waals surface area contributed by atoms with Gasteiger partial charge in [-0.1, -0.05) is 43.1 Å². The number of hydrogen-bond donors (Lipinski definition) is 1. The van der Waals surface area contributed by atoms with Crippen molar-refractivity contribution in [3.8, 4) is 0 Å². The van der Waals surface area contributed by atoms with E-state index in [-0.39, 0.29) is 6.04 Å². The number of halogens is 2. The fraction of sp³-hybridized carbons (Fsp3) is 0.500. The van der Waals surface area contributed by atoms with Crippen molar-refractivity contribution in [1.82, 2.24) is 4.90 Å². The van der Waals surface area contributed by atoms with Crippen LogP contribution in [0.15, 0.2) is 18.2 Å². The van der Waals surface area contributed by atoms with Gasteiger partial charge >= 0.3 is 5.97 Å². The topological polar surface area (TPSA) is 40.5 Å². The molecule has 0 aliphatic carbocycles. The molecular weight excluding hydrogens is 285 g/mol. The van der Waals surface area contributed by atoms with E-state index in [1.807, 2.05) is 26.0 Å². The summed E-state index contributed by atoms with van der Waals surface area (Å²) in [5.74, 6) is -1.18. The van der Waals surface area contributed by atoms with E-state index >= 15 is 0 Å². The minimum Gasteiger partial charge on any atom is -0.481 e. The lowest BCUT2D eigenvalue weighted by atomic mass is 10.0. The van der Waals surface area contributed by atoms with Gasteiger partial charge in [0.25, 0.3) is 0 Å². The predicted molar refractivity (Wildman–Crippen MR) is 78.9 cm³/mol. The molecule has 5 heteroatoms. The lowest BCUT2D eigenvalue weighted by Gasteiger charge is -2.29. The van der Waals surface area contributed by atoms with Crippen LogP contribution >= 0.6 is 23.2 Å². The Hall–Kier alpha value is -0.770. The molecule has 0 aliphatic heterocycles. The fourth-order valence-corrected chi connectivity index (χ4v) is 2.28. The highest BCUT2D eigenvalue weighted by Crippen LogP contribution is 2.28. The molecule has 3 nitrogen and oxygen atoms in total. The van der Waals surface area contributed by atoms with E-state index in [1.165, 1.54) is 0 Å². The normalized spacial score (nSPS) is 14.4. The molecule has 0 amide bonds. The van der Waals surface area contributed by atoms with Gasteiger partial charge in [0.15, 0.2) is 0 Å². The van der Waals surface area contributed by atoms with Crippen LogP contribution in [0.4, 0.5) is 0 Å². The van der Waals surface area contributed by atoms with E-state index in [9.17, 15) is 4.79 Å². The quantitative estimate of drug-likeness (QED) is 0.860. The Balaban J connectivity index is 2.85. The minimum atomic E-state index is -0.778. The van der Waals surface area contributed by atoms with Gasteiger partial charge in [-0.2, -0.15) is 0 Å². The van der Waals surface area contributed by atoms with Crippen molar-refractivity contribution in [2.45, 2.75) is 26.8 Å². The van der Waals surface area contributed by atoms with Gasteiger partial charge in [0.2, 0.25) is 0 Å². The fourth-order valence-electron chi connectivity index (χ4n) is 1.97. The summed E-state index contributed by atoms with van der Waals surface area (Å²) < 4.78 is 0. The molecule has 0 saturated carbocycles. The first-order valence-corrected chi connectivity index (χ1v) is 7.04. The number of carboxylic acids is 1. The van der Waals surface area contributed by atoms with Crippen LogP contribution in [0, 0.1) is 5.92 Å². The first kappa shape index (κ1) is 16.3. The zero-order valence-electron chi connectivity index (χ0n) is 11.4. The third-order valence-corrected chi connectivity index (χ3v) is 4.05. The highest BCUT2D eigenvalue weighted by Gasteiger charge is 2.20. The van der Waals surface area contributed by atoms with E-state index in [2.05, 4.69) is 4.90 Å². The van der Waals surface area contributed by atoms with Gasteiger partial charge in [-0.05, 0) is 31.2 Å². The van der Waals surface area contributed by atoms with Crippen molar-refractivity contribution in [2.24, 2.45) is 5.92 Å². The van der Waals surface area contributed by atoms with Crippen molar-refractivity contribution in [3.63, 3.8) is 0 Å². The van der Waals surface area contributed by atoms with Gasteiger partial charge in [0.1, 0.15) is 0 Å². The average Bonchev–Trinajstić information content (AvgIpc) is 2.37. The van der Waals surface area contributed by atoms with E-state index < -0.39 is 11.9 Å². The third-order valence-electron chi connectivity index (χ3n) is 3.31. The van der Waals surface area contributed by atoms with Crippen LogP contribution in [0.3, 0.4) is 0 Å². The Morgan fingerprint density at radius 1 is 1.32 bits per heavy atom. The van der Waals surface area contributed by atoms with Crippen LogP contribution in [0.2, 0.25) is 10.0 Å². The summed E-state index contributed by atoms with van der Waals surface area (Å²) in [6.07, 6.45) is 0. The maximum Gasteiger partial charge on any atom is 0.307 e. The maximum atomic E-state index is 10.9. The molecule has 0 radical (unpaired) electrons. The number of benzene rings is 1. The summed E-state index contributed by atoms with van der Waals surface area (Å²) in [5.41, 5.74) is 1.04. The zero-order chi connectivity index (χ0) is 14.6. The molecule has 0 heterocycles. The molecule has 0 spiro atoms. The summed E-state index contributed by atoms with van der Waals surface area (Å²) in [5, 5.41) is 10.0. The summed E-state index contributed by atoms with van der Waals surface area (Å²) in [4.78, 5) is 13.1. The molecule has 0 aromatic heterocycles. The number of aliphatic carboxylic acids is 1. The maximum absolute atomic E-state index is 10.9. The highest BCUT2D eigenvalue weighted by molar-refractivity contribution is 6.42. The Morgan fingerprint density at radius 3 is 2.42 bits per heavy atom. The van der Waals surface area contributed by atoms with Crippen LogP contribution in [0.25, 0.3) is 0 Å². The van der Waals surface area contributed by atoms with Crippen molar-refractivity contribution in [1.29, 1.82) is 0 Å². The largest absolute Gasteiger partial charge is 0.481 e. The summed E-state index contributed by atoms with van der Waals surface area (Å²) in [6, 6.07) is 5.63. The molecule has 2 atom stereocenters. The smallest absolute Gasteiger partial charge is 0.307 e. The molecular formula is C14H19Cl2NO2. The van der Waals surface area contributed by atoms with Gasteiger partial charge in [-0.15, -0.1) is 0 Å². The van der Waals surface area contributed by atoms with Crippen molar-refractivity contribution in [3.05, 3.63) is 33.8 Å². The summed E-state index contributed by atoms with van der Waals surface area (Å²) >= 11 is 11.9. The van der Waals surface area contributed by atoms with Crippen LogP contribution in [-0.2, 0) is 4.79 Å². The molecule has 2 unspecified atom stereocenters. The minimum absolute atomic E-state index is 0.0987. The lowest BCUT2D eigenvalue weighted by molar-refractivity contribution is -0.141. The Labute approximate surface area is 124 Å². The van der Waals surface area contributed by atoms with Gasteiger partial charge in [0.05, 0.1) is 16.0 Å². The van der Waals surface area contributed by atoms with Crippen molar-refractivity contribution < 1.29 is 9.90 Å². The summed E-state index contributed by atoms with van der Waals surface area (Å²) in [6.45, 7) is 7.05. The van der Waals surface area contributed by atoms with E-state index in [0.717, 1.165) is 12.1 Å². The van der Waals surface area contributed by atoms with Crippen LogP contribution in [0.5, 0.6) is 0 Å². The average molecular weight is 304 g/mol. The summed E-state index contributed by atoms with van der Waals surface area (Å²) in [7, 11) is 0. The van der Waals surface area contributed by atoms with Crippen molar-refractivity contribution in [2.75, 3.05) is 13.1 Å². The molecule has 1 rings (SSSR count). The second-order valence-corrected chi connectivity index (χ2v) is 5.49. The molecule has 0 aliphatic rings.